The summed E-state index contributed by atoms with van der Waals surface area (Å²) in [7, 11) is 1.74. The highest BCUT2D eigenvalue weighted by Gasteiger charge is 2.13. The first-order chi connectivity index (χ1) is 12.4. The van der Waals surface area contributed by atoms with E-state index in [9.17, 15) is 9.59 Å². The monoisotopic (exact) mass is 354 g/mol. The zero-order chi connectivity index (χ0) is 19.1. The summed E-state index contributed by atoms with van der Waals surface area (Å²) in [5.41, 5.74) is 2.73. The summed E-state index contributed by atoms with van der Waals surface area (Å²) >= 11 is 0. The van der Waals surface area contributed by atoms with E-state index in [2.05, 4.69) is 5.32 Å². The van der Waals surface area contributed by atoms with Crippen LogP contribution in [0.15, 0.2) is 48.5 Å². The molecule has 2 rings (SSSR count). The number of likely N-dealkylation sites (N-methyl/N-ethyl adjacent to an activating group) is 1. The Hall–Kier alpha value is -2.82. The highest BCUT2D eigenvalue weighted by atomic mass is 16.5. The summed E-state index contributed by atoms with van der Waals surface area (Å²) in [6.45, 7) is 6.38. The fourth-order valence-electron chi connectivity index (χ4n) is 2.48. The summed E-state index contributed by atoms with van der Waals surface area (Å²) in [5, 5.41) is 2.67. The Morgan fingerprint density at radius 1 is 1.08 bits per heavy atom. The van der Waals surface area contributed by atoms with Crippen LogP contribution in [0.3, 0.4) is 0 Å². The lowest BCUT2D eigenvalue weighted by Crippen LogP contribution is -2.37. The van der Waals surface area contributed by atoms with Crippen LogP contribution in [0.2, 0.25) is 0 Å². The molecule has 2 aromatic carbocycles. The molecule has 0 aromatic heterocycles. The second-order valence-corrected chi connectivity index (χ2v) is 6.55. The first kappa shape index (κ1) is 19.5. The summed E-state index contributed by atoms with van der Waals surface area (Å²) in [5.74, 6) is 0.297. The molecule has 138 valence electrons. The highest BCUT2D eigenvalue weighted by molar-refractivity contribution is 5.96. The molecule has 5 heteroatoms. The molecule has 0 bridgehead atoms. The number of ether oxygens (including phenoxy) is 1. The van der Waals surface area contributed by atoms with E-state index in [1.165, 1.54) is 0 Å². The molecule has 26 heavy (non-hydrogen) atoms. The minimum atomic E-state index is -0.279. The highest BCUT2D eigenvalue weighted by Crippen LogP contribution is 2.14. The normalized spacial score (nSPS) is 10.5. The molecule has 0 aliphatic heterocycles. The van der Waals surface area contributed by atoms with Crippen LogP contribution in [-0.4, -0.2) is 36.4 Å². The number of amides is 2. The van der Waals surface area contributed by atoms with Crippen molar-refractivity contribution in [3.8, 4) is 5.75 Å². The Morgan fingerprint density at radius 2 is 1.73 bits per heavy atom. The Morgan fingerprint density at radius 3 is 2.35 bits per heavy atom. The lowest BCUT2D eigenvalue weighted by Gasteiger charge is -2.19. The maximum Gasteiger partial charge on any atom is 0.251 e. The quantitative estimate of drug-likeness (QED) is 0.831. The van der Waals surface area contributed by atoms with E-state index in [1.54, 1.807) is 36.2 Å². The molecule has 0 aliphatic carbocycles. The van der Waals surface area contributed by atoms with Crippen LogP contribution in [0.4, 0.5) is 0 Å². The van der Waals surface area contributed by atoms with Crippen LogP contribution in [0, 0.1) is 6.92 Å². The number of hydrogen-bond acceptors (Lipinski definition) is 3. The van der Waals surface area contributed by atoms with Crippen LogP contribution in [0.1, 0.15) is 35.3 Å². The third-order valence-electron chi connectivity index (χ3n) is 3.98. The molecular formula is C21H26N2O3. The lowest BCUT2D eigenvalue weighted by atomic mass is 10.1. The average Bonchev–Trinajstić information content (AvgIpc) is 2.61. The van der Waals surface area contributed by atoms with Crippen LogP contribution < -0.4 is 10.1 Å². The van der Waals surface area contributed by atoms with Gasteiger partial charge < -0.3 is 15.0 Å². The zero-order valence-electron chi connectivity index (χ0n) is 15.8. The van der Waals surface area contributed by atoms with Crippen molar-refractivity contribution < 1.29 is 14.3 Å². The van der Waals surface area contributed by atoms with Crippen LogP contribution in [-0.2, 0) is 11.3 Å². The van der Waals surface area contributed by atoms with Crippen molar-refractivity contribution in [2.45, 2.75) is 33.4 Å². The first-order valence-electron chi connectivity index (χ1n) is 8.70. The molecule has 1 N–H and O–H groups in total. The number of carbonyl (C=O) groups excluding carboxylic acids is 2. The molecule has 0 saturated heterocycles. The molecule has 2 amide bonds. The van der Waals surface area contributed by atoms with Gasteiger partial charge in [-0.1, -0.05) is 24.3 Å². The second-order valence-electron chi connectivity index (χ2n) is 6.55. The van der Waals surface area contributed by atoms with Gasteiger partial charge in [0.1, 0.15) is 5.75 Å². The van der Waals surface area contributed by atoms with Gasteiger partial charge in [0.2, 0.25) is 5.91 Å². The van der Waals surface area contributed by atoms with Crippen molar-refractivity contribution in [3.05, 3.63) is 65.2 Å². The van der Waals surface area contributed by atoms with Crippen molar-refractivity contribution in [2.24, 2.45) is 0 Å². The molecule has 0 atom stereocenters. The molecule has 0 heterocycles. The van der Waals surface area contributed by atoms with Gasteiger partial charge in [0.15, 0.2) is 0 Å². The van der Waals surface area contributed by atoms with E-state index in [4.69, 9.17) is 4.74 Å². The van der Waals surface area contributed by atoms with Crippen molar-refractivity contribution in [2.75, 3.05) is 13.6 Å². The van der Waals surface area contributed by atoms with Gasteiger partial charge in [0.05, 0.1) is 12.6 Å². The molecule has 0 unspecified atom stereocenters. The minimum absolute atomic E-state index is 0.0362. The smallest absolute Gasteiger partial charge is 0.251 e. The van der Waals surface area contributed by atoms with E-state index in [-0.39, 0.29) is 24.5 Å². The number of carbonyl (C=O) groups is 2. The summed E-state index contributed by atoms with van der Waals surface area (Å²) in [6.07, 6.45) is 0.0797. The maximum absolute atomic E-state index is 12.3. The number of benzene rings is 2. The number of rotatable bonds is 7. The Labute approximate surface area is 155 Å². The largest absolute Gasteiger partial charge is 0.491 e. The standard InChI is InChI=1S/C21H26N2O3/c1-15(2)26-19-11-9-17(10-12-19)21(25)22-13-20(24)23(4)14-18-8-6-5-7-16(18)3/h5-12,15H,13-14H2,1-4H3,(H,22,25). The topological polar surface area (TPSA) is 58.6 Å². The molecule has 0 fully saturated rings. The molecular weight excluding hydrogens is 328 g/mol. The predicted molar refractivity (Wildman–Crippen MR) is 102 cm³/mol. The number of nitrogens with one attached hydrogen (secondary N) is 1. The summed E-state index contributed by atoms with van der Waals surface area (Å²) in [6, 6.07) is 14.8. The summed E-state index contributed by atoms with van der Waals surface area (Å²) in [4.78, 5) is 26.1. The van der Waals surface area contributed by atoms with E-state index in [1.807, 2.05) is 45.0 Å². The third kappa shape index (κ3) is 5.62. The first-order valence-corrected chi connectivity index (χ1v) is 8.70. The Kier molecular flexibility index (Phi) is 6.78. The van der Waals surface area contributed by atoms with Crippen molar-refractivity contribution >= 4 is 11.8 Å². The van der Waals surface area contributed by atoms with E-state index < -0.39 is 0 Å². The second kappa shape index (κ2) is 9.04. The van der Waals surface area contributed by atoms with Crippen molar-refractivity contribution in [3.63, 3.8) is 0 Å². The van der Waals surface area contributed by atoms with Gasteiger partial charge >= 0.3 is 0 Å². The van der Waals surface area contributed by atoms with Gasteiger partial charge in [-0.05, 0) is 56.2 Å². The maximum atomic E-state index is 12.3. The van der Waals surface area contributed by atoms with Crippen LogP contribution in [0.5, 0.6) is 5.75 Å². The number of hydrogen-bond donors (Lipinski definition) is 1. The molecule has 2 aromatic rings. The van der Waals surface area contributed by atoms with Gasteiger partial charge in [-0.15, -0.1) is 0 Å². The van der Waals surface area contributed by atoms with Crippen molar-refractivity contribution in [1.82, 2.24) is 10.2 Å². The van der Waals surface area contributed by atoms with E-state index in [0.29, 0.717) is 17.9 Å². The molecule has 0 saturated carbocycles. The molecule has 5 nitrogen and oxygen atoms in total. The van der Waals surface area contributed by atoms with Gasteiger partial charge in [-0.25, -0.2) is 0 Å². The van der Waals surface area contributed by atoms with Crippen molar-refractivity contribution in [1.29, 1.82) is 0 Å². The van der Waals surface area contributed by atoms with Crippen LogP contribution in [0.25, 0.3) is 0 Å². The fourth-order valence-corrected chi connectivity index (χ4v) is 2.48. The van der Waals surface area contributed by atoms with Gasteiger partial charge in [0.25, 0.3) is 5.91 Å². The Bertz CT molecular complexity index is 754. The number of aryl methyl sites for hydroxylation is 1. The van der Waals surface area contributed by atoms with E-state index >= 15 is 0 Å². The van der Waals surface area contributed by atoms with Gasteiger partial charge in [0, 0.05) is 19.2 Å². The fraction of sp³-hybridized carbons (Fsp3) is 0.333. The zero-order valence-corrected chi connectivity index (χ0v) is 15.8. The predicted octanol–water partition coefficient (Wildman–Crippen LogP) is 3.17. The molecule has 0 aliphatic rings. The van der Waals surface area contributed by atoms with Gasteiger partial charge in [-0.3, -0.25) is 9.59 Å². The Balaban J connectivity index is 1.86. The minimum Gasteiger partial charge on any atom is -0.491 e. The summed E-state index contributed by atoms with van der Waals surface area (Å²) < 4.78 is 5.55. The van der Waals surface area contributed by atoms with Gasteiger partial charge in [-0.2, -0.15) is 0 Å². The SMILES string of the molecule is Cc1ccccc1CN(C)C(=O)CNC(=O)c1ccc(OC(C)C)cc1. The third-order valence-corrected chi connectivity index (χ3v) is 3.98. The molecule has 0 radical (unpaired) electrons. The van der Waals surface area contributed by atoms with Crippen LogP contribution >= 0.6 is 0 Å². The number of nitrogens with zero attached hydrogens (tertiary/aromatic N) is 1. The van der Waals surface area contributed by atoms with E-state index in [0.717, 1.165) is 11.1 Å². The molecule has 0 spiro atoms. The lowest BCUT2D eigenvalue weighted by molar-refractivity contribution is -0.129. The average molecular weight is 354 g/mol.